The van der Waals surface area contributed by atoms with Crippen molar-refractivity contribution >= 4 is 23.0 Å². The Hall–Kier alpha value is -4.01. The molecule has 0 aliphatic carbocycles. The van der Waals surface area contributed by atoms with Crippen LogP contribution in [0.25, 0.3) is 11.0 Å². The molecule has 2 aromatic heterocycles. The van der Waals surface area contributed by atoms with Gasteiger partial charge in [0.25, 0.3) is 0 Å². The fourth-order valence-corrected chi connectivity index (χ4v) is 3.22. The molecule has 0 radical (unpaired) electrons. The second-order valence-corrected chi connectivity index (χ2v) is 6.81. The van der Waals surface area contributed by atoms with E-state index in [4.69, 9.17) is 19.8 Å². The number of carboxylic acids is 2. The van der Waals surface area contributed by atoms with Crippen molar-refractivity contribution in [3.05, 3.63) is 78.4 Å². The quantitative estimate of drug-likeness (QED) is 0.417. The van der Waals surface area contributed by atoms with Gasteiger partial charge in [-0.3, -0.25) is 0 Å². The van der Waals surface area contributed by atoms with Gasteiger partial charge in [-0.15, -0.1) is 5.10 Å². The zero-order valence-electron chi connectivity index (χ0n) is 16.9. The normalized spacial score (nSPS) is 11.5. The number of benzene rings is 2. The standard InChI is InChI=1S/C20H21N5.C2H2O4/c1-2-3-12-25-19-14-17(9-10-18(19)22-23-25)20(24-13-11-21-15-24)16-7-5-4-6-8-16;3-1(4)2(5)6/h4-11,13-15,20H,2-3,12H2,1H3;(H,3,4)(H,5,6)/p-2. The van der Waals surface area contributed by atoms with E-state index in [1.54, 1.807) is 0 Å². The molecule has 2 aromatic carbocycles. The SMILES string of the molecule is CCCCn1nnc2ccc(C(c3ccccc3)n3ccnc3)cc21.O=C([O-])C(=O)[O-]. The van der Waals surface area contributed by atoms with Crippen LogP contribution < -0.4 is 10.2 Å². The molecule has 0 aliphatic heterocycles. The molecular weight excluding hydrogens is 398 g/mol. The van der Waals surface area contributed by atoms with Crippen LogP contribution in [0.4, 0.5) is 0 Å². The number of hydrogen-bond donors (Lipinski definition) is 0. The summed E-state index contributed by atoms with van der Waals surface area (Å²) in [7, 11) is 0. The number of aliphatic carboxylic acids is 2. The zero-order chi connectivity index (χ0) is 22.2. The third kappa shape index (κ3) is 5.33. The third-order valence-corrected chi connectivity index (χ3v) is 4.68. The number of aryl methyl sites for hydroxylation is 1. The third-order valence-electron chi connectivity index (χ3n) is 4.68. The number of carboxylic acid groups (broad SMARTS) is 2. The maximum absolute atomic E-state index is 8.93. The van der Waals surface area contributed by atoms with Crippen LogP contribution in [-0.4, -0.2) is 36.5 Å². The van der Waals surface area contributed by atoms with E-state index in [0.717, 1.165) is 30.4 Å². The molecule has 9 nitrogen and oxygen atoms in total. The molecule has 1 atom stereocenters. The second kappa shape index (κ2) is 10.1. The van der Waals surface area contributed by atoms with Gasteiger partial charge in [-0.2, -0.15) is 0 Å². The average Bonchev–Trinajstić information content (AvgIpc) is 3.44. The Balaban J connectivity index is 0.000000401. The maximum atomic E-state index is 8.93. The summed E-state index contributed by atoms with van der Waals surface area (Å²) in [4.78, 5) is 22.1. The first-order valence-electron chi connectivity index (χ1n) is 9.79. The highest BCUT2D eigenvalue weighted by Gasteiger charge is 2.17. The van der Waals surface area contributed by atoms with Crippen LogP contribution in [0.3, 0.4) is 0 Å². The van der Waals surface area contributed by atoms with Crippen LogP contribution in [0.2, 0.25) is 0 Å². The first kappa shape index (κ1) is 21.7. The molecule has 0 saturated heterocycles. The number of carbonyl (C=O) groups is 2. The van der Waals surface area contributed by atoms with Gasteiger partial charge in [0.1, 0.15) is 5.52 Å². The van der Waals surface area contributed by atoms with Crippen LogP contribution in [0.1, 0.15) is 36.9 Å². The largest absolute Gasteiger partial charge is 0.543 e. The summed E-state index contributed by atoms with van der Waals surface area (Å²) in [6.45, 7) is 3.09. The number of unbranched alkanes of at least 4 members (excludes halogenated alkanes) is 1. The van der Waals surface area contributed by atoms with Gasteiger partial charge in [0.05, 0.1) is 29.8 Å². The van der Waals surface area contributed by atoms with Crippen molar-refractivity contribution in [3.8, 4) is 0 Å². The van der Waals surface area contributed by atoms with Crippen LogP contribution >= 0.6 is 0 Å². The molecule has 9 heteroatoms. The predicted octanol–water partition coefficient (Wildman–Crippen LogP) is 0.552. The van der Waals surface area contributed by atoms with Gasteiger partial charge >= 0.3 is 0 Å². The minimum absolute atomic E-state index is 0.0858. The highest BCUT2D eigenvalue weighted by atomic mass is 16.4. The van der Waals surface area contributed by atoms with Crippen LogP contribution in [0, 0.1) is 0 Å². The van der Waals surface area contributed by atoms with Crippen molar-refractivity contribution in [2.24, 2.45) is 0 Å². The lowest BCUT2D eigenvalue weighted by molar-refractivity contribution is -0.345. The minimum atomic E-state index is -2.19. The van der Waals surface area contributed by atoms with Crippen LogP contribution in [0.5, 0.6) is 0 Å². The number of nitrogens with zero attached hydrogens (tertiary/aromatic N) is 5. The number of fused-ring (bicyclic) bond motifs is 1. The maximum Gasteiger partial charge on any atom is 0.113 e. The van der Waals surface area contributed by atoms with Gasteiger partial charge in [-0.25, -0.2) is 9.67 Å². The van der Waals surface area contributed by atoms with E-state index in [-0.39, 0.29) is 6.04 Å². The molecular formula is C22H21N5O4-2. The fraction of sp³-hybridized carbons (Fsp3) is 0.227. The first-order chi connectivity index (χ1) is 15.0. The molecule has 0 saturated carbocycles. The second-order valence-electron chi connectivity index (χ2n) is 6.81. The van der Waals surface area contributed by atoms with Crippen LogP contribution in [-0.2, 0) is 16.1 Å². The number of aromatic nitrogens is 5. The highest BCUT2D eigenvalue weighted by Crippen LogP contribution is 2.28. The summed E-state index contributed by atoms with van der Waals surface area (Å²) >= 11 is 0. The summed E-state index contributed by atoms with van der Waals surface area (Å²) < 4.78 is 4.15. The first-order valence-corrected chi connectivity index (χ1v) is 9.79. The van der Waals surface area contributed by atoms with Crippen molar-refractivity contribution in [3.63, 3.8) is 0 Å². The fourth-order valence-electron chi connectivity index (χ4n) is 3.22. The van der Waals surface area contributed by atoms with Crippen molar-refractivity contribution in [1.82, 2.24) is 24.5 Å². The predicted molar refractivity (Wildman–Crippen MR) is 108 cm³/mol. The molecule has 2 heterocycles. The molecule has 0 aliphatic rings. The smallest absolute Gasteiger partial charge is 0.113 e. The van der Waals surface area contributed by atoms with Gasteiger partial charge in [0, 0.05) is 18.9 Å². The van der Waals surface area contributed by atoms with Crippen LogP contribution in [0.15, 0.2) is 67.3 Å². The Bertz CT molecular complexity index is 1130. The van der Waals surface area contributed by atoms with Crippen molar-refractivity contribution in [1.29, 1.82) is 0 Å². The summed E-state index contributed by atoms with van der Waals surface area (Å²) in [5.74, 6) is -4.37. The average molecular weight is 419 g/mol. The van der Waals surface area contributed by atoms with E-state index in [0.29, 0.717) is 0 Å². The molecule has 0 N–H and O–H groups in total. The molecule has 0 bridgehead atoms. The molecule has 0 amide bonds. The summed E-state index contributed by atoms with van der Waals surface area (Å²) in [5.41, 5.74) is 4.47. The minimum Gasteiger partial charge on any atom is -0.543 e. The van der Waals surface area contributed by atoms with E-state index in [1.807, 2.05) is 29.5 Å². The monoisotopic (exact) mass is 419 g/mol. The van der Waals surface area contributed by atoms with Crippen molar-refractivity contribution in [2.45, 2.75) is 32.4 Å². The summed E-state index contributed by atoms with van der Waals surface area (Å²) in [6, 6.07) is 17.0. The Morgan fingerprint density at radius 3 is 2.39 bits per heavy atom. The van der Waals surface area contributed by atoms with Gasteiger partial charge in [-0.1, -0.05) is 55.0 Å². The molecule has 31 heavy (non-hydrogen) atoms. The Morgan fingerprint density at radius 2 is 1.77 bits per heavy atom. The number of imidazole rings is 1. The number of rotatable bonds is 6. The van der Waals surface area contributed by atoms with Gasteiger partial charge in [-0.05, 0) is 29.7 Å². The van der Waals surface area contributed by atoms with Crippen molar-refractivity contribution in [2.75, 3.05) is 0 Å². The molecule has 0 fully saturated rings. The lowest BCUT2D eigenvalue weighted by Crippen LogP contribution is -2.42. The number of hydrogen-bond acceptors (Lipinski definition) is 7. The molecule has 4 rings (SSSR count). The summed E-state index contributed by atoms with van der Waals surface area (Å²) in [5, 5.41) is 26.5. The Morgan fingerprint density at radius 1 is 1.03 bits per heavy atom. The van der Waals surface area contributed by atoms with Gasteiger partial charge < -0.3 is 24.4 Å². The van der Waals surface area contributed by atoms with Gasteiger partial charge in [0.2, 0.25) is 0 Å². The van der Waals surface area contributed by atoms with E-state index in [2.05, 4.69) is 69.3 Å². The lowest BCUT2D eigenvalue weighted by Gasteiger charge is -2.20. The Labute approximate surface area is 178 Å². The Kier molecular flexibility index (Phi) is 7.10. The topological polar surface area (TPSA) is 129 Å². The summed E-state index contributed by atoms with van der Waals surface area (Å²) in [6.07, 6.45) is 7.94. The van der Waals surface area contributed by atoms with Gasteiger partial charge in [0.15, 0.2) is 0 Å². The number of carbonyl (C=O) groups excluding carboxylic acids is 2. The van der Waals surface area contributed by atoms with Crippen molar-refractivity contribution < 1.29 is 19.8 Å². The van der Waals surface area contributed by atoms with E-state index < -0.39 is 11.9 Å². The van der Waals surface area contributed by atoms with E-state index in [9.17, 15) is 0 Å². The van der Waals surface area contributed by atoms with E-state index in [1.165, 1.54) is 11.1 Å². The molecule has 0 spiro atoms. The van der Waals surface area contributed by atoms with E-state index >= 15 is 0 Å². The zero-order valence-corrected chi connectivity index (χ0v) is 16.9. The highest BCUT2D eigenvalue weighted by molar-refractivity contribution is 6.25. The molecule has 160 valence electrons. The lowest BCUT2D eigenvalue weighted by atomic mass is 9.98. The molecule has 1 unspecified atom stereocenters. The molecule has 4 aromatic rings.